The summed E-state index contributed by atoms with van der Waals surface area (Å²) in [6.45, 7) is 13.8. The summed E-state index contributed by atoms with van der Waals surface area (Å²) in [5.41, 5.74) is 20.6. The van der Waals surface area contributed by atoms with Crippen LogP contribution >= 0.6 is 0 Å². The Hall–Kier alpha value is -6.09. The summed E-state index contributed by atoms with van der Waals surface area (Å²) in [5, 5.41) is 32.0. The number of carbonyl (C=O) groups is 4. The van der Waals surface area contributed by atoms with Crippen LogP contribution in [0.3, 0.4) is 0 Å². The van der Waals surface area contributed by atoms with Crippen LogP contribution in [0.1, 0.15) is 109 Å². The molecule has 5 heterocycles. The van der Waals surface area contributed by atoms with E-state index in [1.807, 2.05) is 45.9 Å². The maximum Gasteiger partial charge on any atom is 0.338 e. The molecule has 0 fully saturated rings. The molecular formula is C40H48N8O7. The number of carboxylic acid groups (broad SMARTS) is 3. The standard InChI is InChI=1S/C40H48N8O7/c1-7-22-18(3)27-15-29-20(5)24(11-12-34(50)51)36(46-29)25(14-33(49)48-40(42)43-13-9-10-26(41)38(52)53)37-35(39(54)55)21(6)30(47-37)17-32-23(8-2)19(4)28(45-32)16-31(22)44-27/h7,15-17,20,24,26,44-45H,1,8-14,41H2,2-6H3,(H,50,51)(H,52,53)(H,54,55)(H3,42,43,48,49)/t20-,24-,26-/m0/s1. The number of carboxylic acids is 3. The number of aliphatic imine (C=N–C) groups is 1. The molecule has 0 spiro atoms. The van der Waals surface area contributed by atoms with Crippen LogP contribution in [0.2, 0.25) is 0 Å². The Kier molecular flexibility index (Phi) is 12.0. The summed E-state index contributed by atoms with van der Waals surface area (Å²) in [6, 6.07) is 4.68. The van der Waals surface area contributed by atoms with E-state index < -0.39 is 42.2 Å². The molecule has 0 saturated heterocycles. The van der Waals surface area contributed by atoms with Gasteiger partial charge in [0.2, 0.25) is 5.91 Å². The molecule has 15 nitrogen and oxygen atoms in total. The molecule has 55 heavy (non-hydrogen) atoms. The van der Waals surface area contributed by atoms with Crippen molar-refractivity contribution >= 4 is 69.1 Å². The lowest BCUT2D eigenvalue weighted by molar-refractivity contribution is -0.139. The Morgan fingerprint density at radius 2 is 1.69 bits per heavy atom. The minimum Gasteiger partial charge on any atom is -0.481 e. The van der Waals surface area contributed by atoms with Gasteiger partial charge in [0.15, 0.2) is 5.96 Å². The topological polar surface area (TPSA) is 263 Å². The predicted molar refractivity (Wildman–Crippen MR) is 211 cm³/mol. The zero-order valence-electron chi connectivity index (χ0n) is 31.7. The molecule has 0 aromatic carbocycles. The maximum atomic E-state index is 13.8. The molecule has 290 valence electrons. The average molecular weight is 753 g/mol. The van der Waals surface area contributed by atoms with Crippen molar-refractivity contribution in [3.63, 3.8) is 0 Å². The third-order valence-electron chi connectivity index (χ3n) is 10.5. The van der Waals surface area contributed by atoms with Crippen molar-refractivity contribution < 1.29 is 34.5 Å². The highest BCUT2D eigenvalue weighted by molar-refractivity contribution is 6.24. The second-order valence-electron chi connectivity index (χ2n) is 14.0. The monoisotopic (exact) mass is 752 g/mol. The molecule has 0 radical (unpaired) electrons. The molecule has 0 aliphatic carbocycles. The minimum absolute atomic E-state index is 0.0459. The fourth-order valence-electron chi connectivity index (χ4n) is 7.40. The molecule has 8 bridgehead atoms. The van der Waals surface area contributed by atoms with Gasteiger partial charge in [-0.25, -0.2) is 9.78 Å². The number of H-pyrrole nitrogens is 2. The fraction of sp³-hybridized carbons (Fsp3) is 0.375. The van der Waals surface area contributed by atoms with Crippen LogP contribution in [0.15, 0.2) is 29.8 Å². The van der Waals surface area contributed by atoms with Crippen molar-refractivity contribution in [2.45, 2.75) is 91.0 Å². The van der Waals surface area contributed by atoms with Crippen molar-refractivity contribution in [2.75, 3.05) is 6.54 Å². The van der Waals surface area contributed by atoms with Gasteiger partial charge in [0.1, 0.15) is 6.04 Å². The van der Waals surface area contributed by atoms with E-state index in [9.17, 15) is 29.4 Å². The fourth-order valence-corrected chi connectivity index (χ4v) is 7.40. The summed E-state index contributed by atoms with van der Waals surface area (Å²) < 4.78 is 0. The van der Waals surface area contributed by atoms with Crippen molar-refractivity contribution in [2.24, 2.45) is 16.5 Å². The van der Waals surface area contributed by atoms with Gasteiger partial charge in [-0.15, -0.1) is 0 Å². The molecule has 0 saturated carbocycles. The molecule has 3 atom stereocenters. The van der Waals surface area contributed by atoms with Gasteiger partial charge in [-0.1, -0.05) is 26.5 Å². The Morgan fingerprint density at radius 1 is 1.00 bits per heavy atom. The number of allylic oxidation sites excluding steroid dienone is 1. The Bertz CT molecular complexity index is 2320. The van der Waals surface area contributed by atoms with Crippen LogP contribution < -0.4 is 16.8 Å². The number of carbonyl (C=O) groups excluding carboxylic acids is 1. The number of guanidine groups is 1. The molecule has 2 aliphatic rings. The van der Waals surface area contributed by atoms with E-state index in [0.29, 0.717) is 35.5 Å². The second kappa shape index (κ2) is 16.5. The predicted octanol–water partition coefficient (Wildman–Crippen LogP) is 5.07. The Morgan fingerprint density at radius 3 is 2.33 bits per heavy atom. The molecule has 3 aromatic rings. The van der Waals surface area contributed by atoms with Crippen molar-refractivity contribution in [3.8, 4) is 0 Å². The second-order valence-corrected chi connectivity index (χ2v) is 14.0. The van der Waals surface area contributed by atoms with E-state index in [1.165, 1.54) is 0 Å². The van der Waals surface area contributed by atoms with Gasteiger partial charge < -0.3 is 36.8 Å². The van der Waals surface area contributed by atoms with Gasteiger partial charge in [-0.3, -0.25) is 29.7 Å². The number of aliphatic carboxylic acids is 3. The van der Waals surface area contributed by atoms with Crippen LogP contribution in [0.25, 0.3) is 39.3 Å². The highest BCUT2D eigenvalue weighted by Crippen LogP contribution is 2.43. The number of hydrogen-bond acceptors (Lipinski definition) is 8. The zero-order chi connectivity index (χ0) is 40.3. The normalized spacial score (nSPS) is 16.2. The SMILES string of the molecule is C=Cc1c(C)c2cc3nc(c(CC(=O)NC(N)=NCCC[C@H](N)C(=O)O)c4nc(cc5[nH]c(cc1[nH]2)c(C)c5CC)C(C)=C4C(=O)O)[C@@H](CCC(=O)O)[C@@H]3C. The van der Waals surface area contributed by atoms with Gasteiger partial charge in [0.25, 0.3) is 0 Å². The third kappa shape index (κ3) is 8.36. The lowest BCUT2D eigenvalue weighted by Crippen LogP contribution is -2.38. The van der Waals surface area contributed by atoms with E-state index in [0.717, 1.165) is 44.3 Å². The first kappa shape index (κ1) is 40.1. The number of aryl methyl sites for hydroxylation is 3. The number of fused-ring (bicyclic) bond motifs is 8. The largest absolute Gasteiger partial charge is 0.481 e. The first-order valence-electron chi connectivity index (χ1n) is 18.2. The first-order chi connectivity index (χ1) is 26.1. The van der Waals surface area contributed by atoms with E-state index in [1.54, 1.807) is 13.0 Å². The number of rotatable bonds is 13. The molecule has 3 aromatic heterocycles. The minimum atomic E-state index is -1.25. The average Bonchev–Trinajstić information content (AvgIpc) is 3.80. The molecule has 0 unspecified atom stereocenters. The van der Waals surface area contributed by atoms with Crippen molar-refractivity contribution in [1.29, 1.82) is 0 Å². The van der Waals surface area contributed by atoms with Crippen LogP contribution in [-0.2, 0) is 32.0 Å². The molecule has 2 aliphatic heterocycles. The highest BCUT2D eigenvalue weighted by atomic mass is 16.4. The van der Waals surface area contributed by atoms with Gasteiger partial charge in [-0.05, 0) is 86.9 Å². The Labute approximate surface area is 317 Å². The van der Waals surface area contributed by atoms with Crippen LogP contribution in [0, 0.1) is 13.8 Å². The van der Waals surface area contributed by atoms with Crippen molar-refractivity contribution in [1.82, 2.24) is 25.3 Å². The number of nitrogens with one attached hydrogen (secondary N) is 3. The lowest BCUT2D eigenvalue weighted by Gasteiger charge is -2.18. The maximum absolute atomic E-state index is 13.8. The van der Waals surface area contributed by atoms with Crippen LogP contribution in [0.5, 0.6) is 0 Å². The summed E-state index contributed by atoms with van der Waals surface area (Å²) in [6.07, 6.45) is 2.49. The summed E-state index contributed by atoms with van der Waals surface area (Å²) >= 11 is 0. The first-order valence-corrected chi connectivity index (χ1v) is 18.2. The smallest absolute Gasteiger partial charge is 0.338 e. The zero-order valence-corrected chi connectivity index (χ0v) is 31.7. The number of aromatic nitrogens is 4. The lowest BCUT2D eigenvalue weighted by atomic mass is 9.84. The number of nitrogens with two attached hydrogens (primary N) is 2. The number of amides is 1. The van der Waals surface area contributed by atoms with Crippen LogP contribution in [-0.4, -0.2) is 77.6 Å². The quantitative estimate of drug-likeness (QED) is 0.0649. The molecular weight excluding hydrogens is 704 g/mol. The molecule has 10 N–H and O–H groups in total. The summed E-state index contributed by atoms with van der Waals surface area (Å²) in [5.74, 6) is -5.09. The summed E-state index contributed by atoms with van der Waals surface area (Å²) in [7, 11) is 0. The van der Waals surface area contributed by atoms with E-state index in [4.69, 9.17) is 26.5 Å². The van der Waals surface area contributed by atoms with Gasteiger partial charge in [0.05, 0.1) is 29.1 Å². The van der Waals surface area contributed by atoms with Gasteiger partial charge in [-0.2, -0.15) is 0 Å². The molecule has 1 amide bonds. The van der Waals surface area contributed by atoms with E-state index in [-0.39, 0.29) is 54.5 Å². The Balaban J connectivity index is 1.82. The molecule has 15 heteroatoms. The number of nitrogens with zero attached hydrogens (tertiary/aromatic N) is 3. The highest BCUT2D eigenvalue weighted by Gasteiger charge is 2.35. The number of aromatic amines is 2. The van der Waals surface area contributed by atoms with E-state index >= 15 is 0 Å². The summed E-state index contributed by atoms with van der Waals surface area (Å²) in [4.78, 5) is 70.9. The van der Waals surface area contributed by atoms with Crippen LogP contribution in [0.4, 0.5) is 0 Å². The molecule has 5 rings (SSSR count). The number of hydrogen-bond donors (Lipinski definition) is 8. The van der Waals surface area contributed by atoms with Crippen molar-refractivity contribution in [3.05, 3.63) is 75.4 Å². The third-order valence-corrected chi connectivity index (χ3v) is 10.5. The van der Waals surface area contributed by atoms with E-state index in [2.05, 4.69) is 26.9 Å². The van der Waals surface area contributed by atoms with Gasteiger partial charge >= 0.3 is 17.9 Å². The van der Waals surface area contributed by atoms with Gasteiger partial charge in [0, 0.05) is 63.7 Å².